The highest BCUT2D eigenvalue weighted by Gasteiger charge is 2.23. The van der Waals surface area contributed by atoms with E-state index in [2.05, 4.69) is 34.0 Å². The van der Waals surface area contributed by atoms with Crippen LogP contribution in [0.4, 0.5) is 8.78 Å². The van der Waals surface area contributed by atoms with Gasteiger partial charge in [-0.2, -0.15) is 0 Å². The van der Waals surface area contributed by atoms with Crippen molar-refractivity contribution in [3.05, 3.63) is 93.8 Å². The number of piperazine rings is 1. The van der Waals surface area contributed by atoms with Gasteiger partial charge in [0.25, 0.3) is 5.91 Å². The number of hydrogen-bond acceptors (Lipinski definition) is 3. The summed E-state index contributed by atoms with van der Waals surface area (Å²) in [6, 6.07) is 8.99. The van der Waals surface area contributed by atoms with E-state index in [4.69, 9.17) is 11.6 Å². The highest BCUT2D eigenvalue weighted by Crippen LogP contribution is 2.25. The fraction of sp³-hybridized carbons (Fsp3) is 0.200. The van der Waals surface area contributed by atoms with Gasteiger partial charge in [-0.15, -0.1) is 0 Å². The Morgan fingerprint density at radius 3 is 2.82 bits per heavy atom. The molecule has 0 unspecified atom stereocenters. The van der Waals surface area contributed by atoms with Crippen LogP contribution in [0, 0.1) is 23.5 Å². The maximum atomic E-state index is 14.3. The van der Waals surface area contributed by atoms with Crippen LogP contribution in [-0.2, 0) is 6.54 Å². The summed E-state index contributed by atoms with van der Waals surface area (Å²) < 4.78 is 28.2. The van der Waals surface area contributed by atoms with Crippen molar-refractivity contribution in [2.75, 3.05) is 20.1 Å². The molecule has 0 saturated carbocycles. The molecule has 1 saturated heterocycles. The van der Waals surface area contributed by atoms with E-state index in [0.29, 0.717) is 41.4 Å². The van der Waals surface area contributed by atoms with Crippen molar-refractivity contribution in [3.8, 4) is 11.8 Å². The standard InChI is InChI=1S/C25H23ClF2N4O/c1-4-19(9-8-17-6-5-7-18(14-17)25(33)29-3)31-24-16(2)30-12-13-32(24)15-20-21(27)10-11-22(28)23(20)26/h4-7,10-11,14,30H,2,12-13,15H2,1,3H3,(H,29,33)/b19-4-,31-24?. The summed E-state index contributed by atoms with van der Waals surface area (Å²) in [5, 5.41) is 5.46. The number of nitrogens with zero attached hydrogens (tertiary/aromatic N) is 2. The molecule has 33 heavy (non-hydrogen) atoms. The van der Waals surface area contributed by atoms with Gasteiger partial charge in [0, 0.05) is 43.4 Å². The number of benzene rings is 2. The molecule has 0 atom stereocenters. The van der Waals surface area contributed by atoms with Crippen molar-refractivity contribution in [1.29, 1.82) is 0 Å². The Balaban J connectivity index is 1.90. The summed E-state index contributed by atoms with van der Waals surface area (Å²) in [4.78, 5) is 18.2. The van der Waals surface area contributed by atoms with E-state index in [0.717, 1.165) is 12.1 Å². The number of amidine groups is 1. The quantitative estimate of drug-likeness (QED) is 0.521. The topological polar surface area (TPSA) is 56.7 Å². The fourth-order valence-corrected chi connectivity index (χ4v) is 3.43. The van der Waals surface area contributed by atoms with Gasteiger partial charge < -0.3 is 15.5 Å². The lowest BCUT2D eigenvalue weighted by Crippen LogP contribution is -2.46. The number of carbonyl (C=O) groups excluding carboxylic acids is 1. The molecule has 2 aromatic carbocycles. The van der Waals surface area contributed by atoms with Gasteiger partial charge in [-0.05, 0) is 43.2 Å². The van der Waals surface area contributed by atoms with Gasteiger partial charge >= 0.3 is 0 Å². The fourth-order valence-electron chi connectivity index (χ4n) is 3.21. The first kappa shape index (κ1) is 24.0. The second kappa shape index (κ2) is 10.8. The molecule has 3 rings (SSSR count). The monoisotopic (exact) mass is 468 g/mol. The second-order valence-corrected chi connectivity index (χ2v) is 7.55. The first-order valence-corrected chi connectivity index (χ1v) is 10.6. The normalized spacial score (nSPS) is 15.1. The smallest absolute Gasteiger partial charge is 0.251 e. The van der Waals surface area contributed by atoms with Gasteiger partial charge in [0.2, 0.25) is 0 Å². The number of halogens is 3. The SMILES string of the molecule is C=C1NCCN(Cc2c(F)ccc(F)c2Cl)C1=N/C(C#Cc1cccc(C(=O)NC)c1)=C\C. The van der Waals surface area contributed by atoms with Crippen LogP contribution in [0.5, 0.6) is 0 Å². The summed E-state index contributed by atoms with van der Waals surface area (Å²) >= 11 is 6.02. The number of hydrogen-bond donors (Lipinski definition) is 2. The van der Waals surface area contributed by atoms with E-state index in [9.17, 15) is 13.6 Å². The molecule has 0 radical (unpaired) electrons. The van der Waals surface area contributed by atoms with Crippen LogP contribution < -0.4 is 10.6 Å². The largest absolute Gasteiger partial charge is 0.381 e. The van der Waals surface area contributed by atoms with Gasteiger partial charge in [-0.3, -0.25) is 4.79 Å². The van der Waals surface area contributed by atoms with Crippen molar-refractivity contribution < 1.29 is 13.6 Å². The van der Waals surface area contributed by atoms with E-state index >= 15 is 0 Å². The molecule has 1 aliphatic rings. The number of carbonyl (C=O) groups is 1. The highest BCUT2D eigenvalue weighted by atomic mass is 35.5. The van der Waals surface area contributed by atoms with Gasteiger partial charge in [0.15, 0.2) is 5.84 Å². The van der Waals surface area contributed by atoms with Crippen LogP contribution in [0.15, 0.2) is 65.4 Å². The number of aliphatic imine (C=N–C) groups is 1. The number of rotatable bonds is 4. The van der Waals surface area contributed by atoms with Crippen LogP contribution in [0.2, 0.25) is 5.02 Å². The third-order valence-electron chi connectivity index (χ3n) is 4.96. The lowest BCUT2D eigenvalue weighted by Gasteiger charge is -2.33. The molecule has 1 aliphatic heterocycles. The van der Waals surface area contributed by atoms with Gasteiger partial charge in [0.05, 0.1) is 10.7 Å². The van der Waals surface area contributed by atoms with E-state index in [-0.39, 0.29) is 23.0 Å². The molecule has 2 N–H and O–H groups in total. The summed E-state index contributed by atoms with van der Waals surface area (Å²) in [6.45, 7) is 6.87. The van der Waals surface area contributed by atoms with Crippen molar-refractivity contribution >= 4 is 23.3 Å². The molecular formula is C25H23ClF2N4O. The number of allylic oxidation sites excluding steroid dienone is 2. The zero-order valence-corrected chi connectivity index (χ0v) is 19.1. The van der Waals surface area contributed by atoms with Gasteiger partial charge in [-0.1, -0.05) is 36.2 Å². The molecule has 1 amide bonds. The highest BCUT2D eigenvalue weighted by molar-refractivity contribution is 6.31. The summed E-state index contributed by atoms with van der Waals surface area (Å²) in [5.41, 5.74) is 2.20. The zero-order chi connectivity index (χ0) is 24.0. The molecule has 1 fully saturated rings. The lowest BCUT2D eigenvalue weighted by molar-refractivity contribution is 0.0963. The summed E-state index contributed by atoms with van der Waals surface area (Å²) in [7, 11) is 1.56. The molecule has 5 nitrogen and oxygen atoms in total. The average Bonchev–Trinajstić information content (AvgIpc) is 2.83. The Bertz CT molecular complexity index is 1210. The molecule has 0 aliphatic carbocycles. The molecule has 170 valence electrons. The van der Waals surface area contributed by atoms with E-state index in [1.165, 1.54) is 0 Å². The number of nitrogens with one attached hydrogen (secondary N) is 2. The van der Waals surface area contributed by atoms with Crippen LogP contribution >= 0.6 is 11.6 Å². The lowest BCUT2D eigenvalue weighted by atomic mass is 10.1. The van der Waals surface area contributed by atoms with Crippen molar-refractivity contribution in [2.45, 2.75) is 13.5 Å². The third-order valence-corrected chi connectivity index (χ3v) is 5.37. The van der Waals surface area contributed by atoms with E-state index < -0.39 is 11.6 Å². The first-order chi connectivity index (χ1) is 15.8. The molecule has 1 heterocycles. The molecule has 0 spiro atoms. The van der Waals surface area contributed by atoms with Gasteiger partial charge in [-0.25, -0.2) is 13.8 Å². The van der Waals surface area contributed by atoms with Crippen molar-refractivity contribution in [1.82, 2.24) is 15.5 Å². The Kier molecular flexibility index (Phi) is 7.86. The minimum atomic E-state index is -0.681. The Morgan fingerprint density at radius 1 is 1.33 bits per heavy atom. The summed E-state index contributed by atoms with van der Waals surface area (Å²) in [6.07, 6.45) is 1.73. The second-order valence-electron chi connectivity index (χ2n) is 7.17. The Morgan fingerprint density at radius 2 is 2.09 bits per heavy atom. The molecule has 0 aromatic heterocycles. The molecule has 0 bridgehead atoms. The maximum Gasteiger partial charge on any atom is 0.251 e. The third kappa shape index (κ3) is 5.79. The molecule has 8 heteroatoms. The first-order valence-electron chi connectivity index (χ1n) is 10.2. The van der Waals surface area contributed by atoms with Crippen molar-refractivity contribution in [2.24, 2.45) is 4.99 Å². The van der Waals surface area contributed by atoms with E-state index in [1.54, 1.807) is 49.2 Å². The van der Waals surface area contributed by atoms with Crippen LogP contribution in [0.25, 0.3) is 0 Å². The average molecular weight is 469 g/mol. The van der Waals surface area contributed by atoms with Crippen LogP contribution in [0.3, 0.4) is 0 Å². The minimum Gasteiger partial charge on any atom is -0.381 e. The predicted molar refractivity (Wildman–Crippen MR) is 127 cm³/mol. The number of amides is 1. The van der Waals surface area contributed by atoms with Gasteiger partial charge in [0.1, 0.15) is 17.3 Å². The summed E-state index contributed by atoms with van der Waals surface area (Å²) in [5.74, 6) is 4.98. The Labute approximate surface area is 196 Å². The Hall–Kier alpha value is -3.63. The maximum absolute atomic E-state index is 14.3. The van der Waals surface area contributed by atoms with Crippen molar-refractivity contribution in [3.63, 3.8) is 0 Å². The minimum absolute atomic E-state index is 0.0283. The zero-order valence-electron chi connectivity index (χ0n) is 18.3. The van der Waals surface area contributed by atoms with Crippen LogP contribution in [0.1, 0.15) is 28.4 Å². The van der Waals surface area contributed by atoms with E-state index in [1.807, 2.05) is 0 Å². The molecular weight excluding hydrogens is 446 g/mol. The predicted octanol–water partition coefficient (Wildman–Crippen LogP) is 4.25. The molecule has 2 aromatic rings. The van der Waals surface area contributed by atoms with Crippen LogP contribution in [-0.4, -0.2) is 36.8 Å².